The molecule has 1 N–H and O–H groups in total. The number of fused-ring (bicyclic) bond motifs is 1. The zero-order chi connectivity index (χ0) is 11.9. The highest BCUT2D eigenvalue weighted by molar-refractivity contribution is 5.99. The zero-order valence-electron chi connectivity index (χ0n) is 9.27. The van der Waals surface area contributed by atoms with Crippen LogP contribution in [-0.4, -0.2) is 22.5 Å². The van der Waals surface area contributed by atoms with Crippen LogP contribution < -0.4 is 0 Å². The van der Waals surface area contributed by atoms with E-state index in [1.54, 1.807) is 6.07 Å². The second kappa shape index (κ2) is 3.87. The number of benzene rings is 1. The summed E-state index contributed by atoms with van der Waals surface area (Å²) >= 11 is 0. The number of hydrogen-bond donors (Lipinski definition) is 1. The van der Waals surface area contributed by atoms with E-state index in [0.29, 0.717) is 12.1 Å². The van der Waals surface area contributed by atoms with Crippen LogP contribution in [0.15, 0.2) is 18.2 Å². The van der Waals surface area contributed by atoms with E-state index in [0.717, 1.165) is 0 Å². The van der Waals surface area contributed by atoms with Gasteiger partial charge < -0.3 is 10.0 Å². The van der Waals surface area contributed by atoms with Gasteiger partial charge in [0.1, 0.15) is 5.82 Å². The molecule has 0 aliphatic carbocycles. The van der Waals surface area contributed by atoms with Gasteiger partial charge in [0.25, 0.3) is 5.91 Å². The quantitative estimate of drug-likeness (QED) is 0.832. The monoisotopic (exact) mass is 223 g/mol. The molecule has 1 aliphatic rings. The van der Waals surface area contributed by atoms with Gasteiger partial charge in [0.05, 0.1) is 5.56 Å². The number of halogens is 1. The Labute approximate surface area is 93.5 Å². The lowest BCUT2D eigenvalue weighted by atomic mass is 10.1. The molecule has 0 aromatic heterocycles. The Morgan fingerprint density at radius 2 is 2.19 bits per heavy atom. The van der Waals surface area contributed by atoms with E-state index in [-0.39, 0.29) is 11.5 Å². The number of nitrogens with zero attached hydrogens (tertiary/aromatic N) is 1. The molecule has 0 bridgehead atoms. The van der Waals surface area contributed by atoms with Crippen molar-refractivity contribution in [3.05, 3.63) is 35.1 Å². The third-order valence-corrected chi connectivity index (χ3v) is 2.66. The van der Waals surface area contributed by atoms with E-state index in [1.807, 2.05) is 13.8 Å². The summed E-state index contributed by atoms with van der Waals surface area (Å²) in [7, 11) is 0. The molecule has 1 amide bonds. The van der Waals surface area contributed by atoms with Crippen LogP contribution >= 0.6 is 0 Å². The normalized spacial score (nSPS) is 19.4. The van der Waals surface area contributed by atoms with Crippen molar-refractivity contribution >= 4 is 5.91 Å². The van der Waals surface area contributed by atoms with Crippen LogP contribution in [0.25, 0.3) is 0 Å². The van der Waals surface area contributed by atoms with Crippen molar-refractivity contribution in [1.29, 1.82) is 0 Å². The molecule has 2 rings (SSSR count). The van der Waals surface area contributed by atoms with Crippen molar-refractivity contribution in [1.82, 2.24) is 4.90 Å². The lowest BCUT2D eigenvalue weighted by Crippen LogP contribution is -2.31. The van der Waals surface area contributed by atoms with Gasteiger partial charge >= 0.3 is 0 Å². The molecule has 1 aromatic carbocycles. The first-order valence-electron chi connectivity index (χ1n) is 5.29. The Bertz CT molecular complexity index is 431. The SMILES string of the molecule is CC(C)CN1C(=O)c2c(F)cccc2C1O. The van der Waals surface area contributed by atoms with Gasteiger partial charge in [-0.15, -0.1) is 0 Å². The second-order valence-corrected chi connectivity index (χ2v) is 4.43. The standard InChI is InChI=1S/C12H14FNO2/c1-7(2)6-14-11(15)8-4-3-5-9(13)10(8)12(14)16/h3-5,7,11,15H,6H2,1-2H3. The second-order valence-electron chi connectivity index (χ2n) is 4.43. The van der Waals surface area contributed by atoms with Crippen molar-refractivity contribution in [2.24, 2.45) is 5.92 Å². The number of hydrogen-bond acceptors (Lipinski definition) is 2. The van der Waals surface area contributed by atoms with Crippen LogP contribution in [0.2, 0.25) is 0 Å². The van der Waals surface area contributed by atoms with Crippen molar-refractivity contribution in [3.8, 4) is 0 Å². The van der Waals surface area contributed by atoms with Gasteiger partial charge in [0, 0.05) is 12.1 Å². The van der Waals surface area contributed by atoms with Crippen LogP contribution in [0.4, 0.5) is 4.39 Å². The molecule has 1 unspecified atom stereocenters. The summed E-state index contributed by atoms with van der Waals surface area (Å²) < 4.78 is 13.5. The molecule has 4 heteroatoms. The highest BCUT2D eigenvalue weighted by atomic mass is 19.1. The molecule has 1 aromatic rings. The molecule has 1 atom stereocenters. The topological polar surface area (TPSA) is 40.5 Å². The van der Waals surface area contributed by atoms with Crippen molar-refractivity contribution in [3.63, 3.8) is 0 Å². The first-order valence-corrected chi connectivity index (χ1v) is 5.29. The van der Waals surface area contributed by atoms with Gasteiger partial charge in [-0.3, -0.25) is 4.79 Å². The number of carbonyl (C=O) groups excluding carboxylic acids is 1. The predicted molar refractivity (Wildman–Crippen MR) is 57.2 cm³/mol. The minimum Gasteiger partial charge on any atom is -0.369 e. The Morgan fingerprint density at radius 1 is 1.50 bits per heavy atom. The fraction of sp³-hybridized carbons (Fsp3) is 0.417. The lowest BCUT2D eigenvalue weighted by molar-refractivity contribution is 0.0126. The predicted octanol–water partition coefficient (Wildman–Crippen LogP) is 1.93. The molecular weight excluding hydrogens is 209 g/mol. The first-order chi connectivity index (χ1) is 7.52. The van der Waals surface area contributed by atoms with Crippen LogP contribution in [-0.2, 0) is 0 Å². The molecule has 0 fully saturated rings. The number of amides is 1. The molecule has 3 nitrogen and oxygen atoms in total. The summed E-state index contributed by atoms with van der Waals surface area (Å²) in [4.78, 5) is 13.2. The highest BCUT2D eigenvalue weighted by Crippen LogP contribution is 2.33. The summed E-state index contributed by atoms with van der Waals surface area (Å²) in [5.74, 6) is -0.752. The molecule has 0 spiro atoms. The highest BCUT2D eigenvalue weighted by Gasteiger charge is 2.37. The Hall–Kier alpha value is -1.42. The molecule has 1 heterocycles. The van der Waals surface area contributed by atoms with Gasteiger partial charge in [-0.2, -0.15) is 0 Å². The lowest BCUT2D eigenvalue weighted by Gasteiger charge is -2.22. The maximum atomic E-state index is 13.5. The first kappa shape index (κ1) is 11.1. The molecule has 0 saturated heterocycles. The smallest absolute Gasteiger partial charge is 0.259 e. The van der Waals surface area contributed by atoms with E-state index in [9.17, 15) is 14.3 Å². The van der Waals surface area contributed by atoms with Crippen LogP contribution in [0.3, 0.4) is 0 Å². The van der Waals surface area contributed by atoms with E-state index >= 15 is 0 Å². The molecule has 86 valence electrons. The van der Waals surface area contributed by atoms with Crippen molar-refractivity contribution in [2.75, 3.05) is 6.54 Å². The summed E-state index contributed by atoms with van der Waals surface area (Å²) in [6.45, 7) is 4.31. The van der Waals surface area contributed by atoms with E-state index in [1.165, 1.54) is 17.0 Å². The third kappa shape index (κ3) is 1.59. The molecule has 0 saturated carbocycles. The molecule has 1 aliphatic heterocycles. The Morgan fingerprint density at radius 3 is 2.75 bits per heavy atom. The molecular formula is C12H14FNO2. The summed E-state index contributed by atoms with van der Waals surface area (Å²) in [6, 6.07) is 4.33. The number of aliphatic hydroxyl groups is 1. The molecule has 0 radical (unpaired) electrons. The van der Waals surface area contributed by atoms with Crippen LogP contribution in [0, 0.1) is 11.7 Å². The van der Waals surface area contributed by atoms with Crippen molar-refractivity contribution < 1.29 is 14.3 Å². The molecule has 16 heavy (non-hydrogen) atoms. The van der Waals surface area contributed by atoms with Gasteiger partial charge in [-0.1, -0.05) is 26.0 Å². The summed E-state index contributed by atoms with van der Waals surface area (Å²) in [5.41, 5.74) is 0.376. The van der Waals surface area contributed by atoms with E-state index in [4.69, 9.17) is 0 Å². The third-order valence-electron chi connectivity index (χ3n) is 2.66. The largest absolute Gasteiger partial charge is 0.369 e. The average Bonchev–Trinajstić information content (AvgIpc) is 2.44. The van der Waals surface area contributed by atoms with Gasteiger partial charge in [-0.05, 0) is 12.0 Å². The number of carbonyl (C=O) groups is 1. The zero-order valence-corrected chi connectivity index (χ0v) is 9.27. The summed E-state index contributed by atoms with van der Waals surface area (Å²) in [5, 5.41) is 9.92. The van der Waals surface area contributed by atoms with E-state index < -0.39 is 18.0 Å². The summed E-state index contributed by atoms with van der Waals surface area (Å²) in [6.07, 6.45) is -1.01. The fourth-order valence-electron chi connectivity index (χ4n) is 1.98. The van der Waals surface area contributed by atoms with Crippen molar-refractivity contribution in [2.45, 2.75) is 20.1 Å². The average molecular weight is 223 g/mol. The van der Waals surface area contributed by atoms with Gasteiger partial charge in [0.2, 0.25) is 0 Å². The number of aliphatic hydroxyl groups excluding tert-OH is 1. The Kier molecular flexibility index (Phi) is 2.68. The number of rotatable bonds is 2. The fourth-order valence-corrected chi connectivity index (χ4v) is 1.98. The van der Waals surface area contributed by atoms with Gasteiger partial charge in [0.15, 0.2) is 6.23 Å². The van der Waals surface area contributed by atoms with Crippen LogP contribution in [0.5, 0.6) is 0 Å². The minimum atomic E-state index is -1.01. The van der Waals surface area contributed by atoms with Gasteiger partial charge in [-0.25, -0.2) is 4.39 Å². The Balaban J connectivity index is 2.40. The maximum Gasteiger partial charge on any atom is 0.259 e. The maximum absolute atomic E-state index is 13.5. The van der Waals surface area contributed by atoms with E-state index in [2.05, 4.69) is 0 Å². The van der Waals surface area contributed by atoms with Crippen LogP contribution in [0.1, 0.15) is 36.0 Å². The minimum absolute atomic E-state index is 0.00986.